The van der Waals surface area contributed by atoms with E-state index >= 15 is 0 Å². The van der Waals surface area contributed by atoms with E-state index in [0.29, 0.717) is 0 Å². The Balaban J connectivity index is 0. The van der Waals surface area contributed by atoms with E-state index in [0.717, 1.165) is 0 Å². The van der Waals surface area contributed by atoms with Gasteiger partial charge in [0.05, 0.1) is 0 Å². The first-order valence-corrected chi connectivity index (χ1v) is 2.41. The molecular formula is C5H12Ta. The van der Waals surface area contributed by atoms with Crippen molar-refractivity contribution in [2.75, 3.05) is 0 Å². The van der Waals surface area contributed by atoms with Crippen molar-refractivity contribution in [3.63, 3.8) is 0 Å². The van der Waals surface area contributed by atoms with Gasteiger partial charge in [-0.2, -0.15) is 0 Å². The summed E-state index contributed by atoms with van der Waals surface area (Å²) in [7, 11) is 0. The molecule has 0 aromatic heterocycles. The summed E-state index contributed by atoms with van der Waals surface area (Å²) in [4.78, 5) is 0. The second kappa shape index (κ2) is 9.22. The molecule has 0 aliphatic heterocycles. The Labute approximate surface area is 55.8 Å². The van der Waals surface area contributed by atoms with Crippen LogP contribution in [-0.2, 0) is 22.4 Å². The number of hydrogen-bond acceptors (Lipinski definition) is 0. The molecule has 0 N–H and O–H groups in total. The number of rotatable bonds is 2. The Kier molecular flexibility index (Phi) is 15.2. The fraction of sp³-hybridized carbons (Fsp3) is 1.00. The van der Waals surface area contributed by atoms with Gasteiger partial charge in [0.15, 0.2) is 0 Å². The van der Waals surface area contributed by atoms with E-state index in [1.54, 1.807) is 0 Å². The molecule has 0 bridgehead atoms. The van der Waals surface area contributed by atoms with E-state index in [1.807, 2.05) is 0 Å². The first kappa shape index (κ1) is 9.88. The molecule has 0 saturated heterocycles. The topological polar surface area (TPSA) is 0 Å². The molecular weight excluding hydrogens is 241 g/mol. The van der Waals surface area contributed by atoms with Crippen molar-refractivity contribution in [2.24, 2.45) is 0 Å². The van der Waals surface area contributed by atoms with Crippen LogP contribution in [0.2, 0.25) is 0 Å². The Morgan fingerprint density at radius 2 is 1.33 bits per heavy atom. The van der Waals surface area contributed by atoms with Crippen LogP contribution in [0, 0.1) is 0 Å². The zero-order chi connectivity index (χ0) is 4.12. The van der Waals surface area contributed by atoms with Crippen LogP contribution in [0.15, 0.2) is 0 Å². The van der Waals surface area contributed by atoms with Gasteiger partial charge in [-0.25, -0.2) is 0 Å². The van der Waals surface area contributed by atoms with E-state index < -0.39 is 0 Å². The molecule has 0 atom stereocenters. The summed E-state index contributed by atoms with van der Waals surface area (Å²) in [6.45, 7) is 4.42. The van der Waals surface area contributed by atoms with Crippen LogP contribution in [0.25, 0.3) is 0 Å². The van der Waals surface area contributed by atoms with Gasteiger partial charge in [0.1, 0.15) is 0 Å². The quantitative estimate of drug-likeness (QED) is 0.707. The number of hydrogen-bond donors (Lipinski definition) is 0. The van der Waals surface area contributed by atoms with E-state index in [9.17, 15) is 0 Å². The monoisotopic (exact) mass is 253 g/mol. The van der Waals surface area contributed by atoms with Crippen LogP contribution in [0.3, 0.4) is 0 Å². The summed E-state index contributed by atoms with van der Waals surface area (Å²) in [5, 5.41) is 0. The van der Waals surface area contributed by atoms with Crippen LogP contribution >= 0.6 is 0 Å². The largest absolute Gasteiger partial charge is 0.0654 e. The fourth-order valence-corrected chi connectivity index (χ4v) is 0.354. The maximum atomic E-state index is 2.21. The second-order valence-electron chi connectivity index (χ2n) is 1.35. The molecule has 0 nitrogen and oxygen atoms in total. The smallest absolute Gasteiger partial charge is 0 e. The minimum atomic E-state index is 0. The molecule has 0 aliphatic carbocycles. The predicted molar refractivity (Wildman–Crippen MR) is 25.2 cm³/mol. The molecule has 0 amide bonds. The van der Waals surface area contributed by atoms with Crippen molar-refractivity contribution < 1.29 is 22.4 Å². The van der Waals surface area contributed by atoms with Gasteiger partial charge in [0, 0.05) is 22.4 Å². The van der Waals surface area contributed by atoms with Gasteiger partial charge in [0.2, 0.25) is 0 Å². The molecule has 0 heterocycles. The van der Waals surface area contributed by atoms with Crippen molar-refractivity contribution in [1.82, 2.24) is 0 Å². The molecule has 0 spiro atoms. The van der Waals surface area contributed by atoms with Crippen LogP contribution in [-0.4, -0.2) is 0 Å². The van der Waals surface area contributed by atoms with Crippen molar-refractivity contribution in [2.45, 2.75) is 33.1 Å². The Bertz CT molecular complexity index is 11.4. The van der Waals surface area contributed by atoms with Crippen LogP contribution in [0.1, 0.15) is 33.1 Å². The van der Waals surface area contributed by atoms with Gasteiger partial charge >= 0.3 is 0 Å². The minimum absolute atomic E-state index is 0. The maximum Gasteiger partial charge on any atom is 0 e. The van der Waals surface area contributed by atoms with Crippen molar-refractivity contribution >= 4 is 0 Å². The zero-order valence-electron chi connectivity index (χ0n) is 4.57. The SMILES string of the molecule is CCCCC.[Ta]. The first-order chi connectivity index (χ1) is 2.41. The predicted octanol–water partition coefficient (Wildman–Crippen LogP) is 2.19. The van der Waals surface area contributed by atoms with Crippen molar-refractivity contribution in [1.29, 1.82) is 0 Å². The molecule has 6 heavy (non-hydrogen) atoms. The van der Waals surface area contributed by atoms with Crippen LogP contribution in [0.4, 0.5) is 0 Å². The van der Waals surface area contributed by atoms with E-state index in [-0.39, 0.29) is 22.4 Å². The zero-order valence-corrected chi connectivity index (χ0v) is 7.78. The minimum Gasteiger partial charge on any atom is -0.0654 e. The van der Waals surface area contributed by atoms with Gasteiger partial charge in [0.25, 0.3) is 0 Å². The molecule has 0 unspecified atom stereocenters. The third-order valence-corrected chi connectivity index (χ3v) is 0.707. The van der Waals surface area contributed by atoms with Gasteiger partial charge < -0.3 is 0 Å². The third-order valence-electron chi connectivity index (χ3n) is 0.707. The Morgan fingerprint density at radius 1 is 1.00 bits per heavy atom. The number of unbranched alkanes of at least 4 members (excludes halogenated alkanes) is 2. The fourth-order valence-electron chi connectivity index (χ4n) is 0.354. The van der Waals surface area contributed by atoms with Crippen LogP contribution < -0.4 is 0 Å². The summed E-state index contributed by atoms with van der Waals surface area (Å²) in [5.74, 6) is 0. The summed E-state index contributed by atoms with van der Waals surface area (Å²) in [5.41, 5.74) is 0. The normalized spacial score (nSPS) is 7.00. The molecule has 0 aromatic rings. The molecule has 0 rings (SSSR count). The molecule has 0 aromatic carbocycles. The molecule has 0 aliphatic rings. The first-order valence-electron chi connectivity index (χ1n) is 2.41. The molecule has 0 saturated carbocycles. The van der Waals surface area contributed by atoms with E-state index in [2.05, 4.69) is 13.8 Å². The maximum absolute atomic E-state index is 2.21. The van der Waals surface area contributed by atoms with Crippen molar-refractivity contribution in [3.8, 4) is 0 Å². The summed E-state index contributed by atoms with van der Waals surface area (Å²) in [6, 6.07) is 0. The molecule has 1 radical (unpaired) electrons. The summed E-state index contributed by atoms with van der Waals surface area (Å²) >= 11 is 0. The van der Waals surface area contributed by atoms with Gasteiger partial charge in [-0.3, -0.25) is 0 Å². The molecule has 0 fully saturated rings. The van der Waals surface area contributed by atoms with Gasteiger partial charge in [-0.1, -0.05) is 33.1 Å². The molecule has 37 valence electrons. The molecule has 1 heteroatoms. The standard InChI is InChI=1S/C5H12.Ta/c1-3-5-4-2;/h3-5H2,1-2H3;. The van der Waals surface area contributed by atoms with E-state index in [4.69, 9.17) is 0 Å². The average molecular weight is 253 g/mol. The third kappa shape index (κ3) is 8.83. The van der Waals surface area contributed by atoms with Crippen molar-refractivity contribution in [3.05, 3.63) is 0 Å². The second-order valence-corrected chi connectivity index (χ2v) is 1.35. The Morgan fingerprint density at radius 3 is 1.33 bits per heavy atom. The Hall–Kier alpha value is 0.740. The summed E-state index contributed by atoms with van der Waals surface area (Å²) < 4.78 is 0. The summed E-state index contributed by atoms with van der Waals surface area (Å²) in [6.07, 6.45) is 4.08. The van der Waals surface area contributed by atoms with Gasteiger partial charge in [-0.05, 0) is 0 Å². The van der Waals surface area contributed by atoms with E-state index in [1.165, 1.54) is 19.3 Å². The van der Waals surface area contributed by atoms with Gasteiger partial charge in [-0.15, -0.1) is 0 Å². The van der Waals surface area contributed by atoms with Crippen LogP contribution in [0.5, 0.6) is 0 Å². The average Bonchev–Trinajstić information content (AvgIpc) is 1.41.